The van der Waals surface area contributed by atoms with E-state index in [0.29, 0.717) is 26.8 Å². The van der Waals surface area contributed by atoms with Gasteiger partial charge in [-0.25, -0.2) is 19.9 Å². The SMILES string of the molecule is CC(=O)C(c1nc2ccccc2s1)c1nc2ccccc2s1.CC(=O)C1=C2Sc3ccccc3N2[B-](F)(F)[n+]2c1sc1ccccc12.c1ccc2sc(Cc3nc4ccccc4s3)nc2c1. The lowest BCUT2D eigenvalue weighted by atomic mass is 9.88. The number of carbonyl (C=O) groups is 2. The van der Waals surface area contributed by atoms with Crippen molar-refractivity contribution in [1.29, 1.82) is 0 Å². The van der Waals surface area contributed by atoms with Gasteiger partial charge >= 0.3 is 6.97 Å². The molecule has 0 N–H and O–H groups in total. The van der Waals surface area contributed by atoms with Crippen LogP contribution in [0, 0.1) is 0 Å². The van der Waals surface area contributed by atoms with E-state index in [4.69, 9.17) is 0 Å². The predicted molar refractivity (Wildman–Crippen MR) is 272 cm³/mol. The fraction of sp³-hybridized carbons (Fsp3) is 0.0816. The molecule has 5 aromatic heterocycles. The van der Waals surface area contributed by atoms with Crippen LogP contribution in [0.1, 0.15) is 44.8 Å². The van der Waals surface area contributed by atoms with Crippen molar-refractivity contribution >= 4 is 149 Å². The molecule has 66 heavy (non-hydrogen) atoms. The maximum Gasteiger partial charge on any atom is 0.739 e. The smallest absolute Gasteiger partial charge is 0.389 e. The van der Waals surface area contributed by atoms with E-state index in [9.17, 15) is 9.59 Å². The van der Waals surface area contributed by atoms with Gasteiger partial charge in [-0.15, -0.1) is 45.3 Å². The Morgan fingerprint density at radius 3 is 1.53 bits per heavy atom. The van der Waals surface area contributed by atoms with E-state index < -0.39 is 6.97 Å². The van der Waals surface area contributed by atoms with Crippen LogP contribution in [0.15, 0.2) is 156 Å². The van der Waals surface area contributed by atoms with E-state index in [0.717, 1.165) is 76.8 Å². The highest BCUT2D eigenvalue weighted by Crippen LogP contribution is 2.53. The molecule has 6 aromatic carbocycles. The molecule has 2 aliphatic rings. The number of nitrogens with zero attached hydrogens (tertiary/aromatic N) is 6. The van der Waals surface area contributed by atoms with Crippen LogP contribution in [0.2, 0.25) is 0 Å². The molecule has 0 saturated heterocycles. The van der Waals surface area contributed by atoms with Gasteiger partial charge in [0.2, 0.25) is 5.01 Å². The number of carbonyl (C=O) groups excluding carboxylic acids is 2. The molecular formula is C49H33BF2N6O2S6. The molecule has 2 aliphatic heterocycles. The number of aromatic nitrogens is 5. The van der Waals surface area contributed by atoms with E-state index in [2.05, 4.69) is 56.3 Å². The van der Waals surface area contributed by atoms with E-state index in [-0.39, 0.29) is 17.5 Å². The second kappa shape index (κ2) is 17.3. The number of hydrogen-bond donors (Lipinski definition) is 0. The minimum atomic E-state index is -4.09. The zero-order valence-electron chi connectivity index (χ0n) is 34.9. The summed E-state index contributed by atoms with van der Waals surface area (Å²) in [6, 6.07) is 46.6. The van der Waals surface area contributed by atoms with E-state index in [1.54, 1.807) is 76.5 Å². The quantitative estimate of drug-likeness (QED) is 0.152. The Morgan fingerprint density at radius 2 is 1.03 bits per heavy atom. The van der Waals surface area contributed by atoms with Crippen molar-refractivity contribution in [3.8, 4) is 0 Å². The summed E-state index contributed by atoms with van der Waals surface area (Å²) in [6.07, 6.45) is 0.832. The van der Waals surface area contributed by atoms with Crippen molar-refractivity contribution in [3.63, 3.8) is 0 Å². The molecule has 0 unspecified atom stereocenters. The average molecular weight is 979 g/mol. The number of ketones is 2. The Morgan fingerprint density at radius 1 is 0.576 bits per heavy atom. The molecule has 17 heteroatoms. The summed E-state index contributed by atoms with van der Waals surface area (Å²) in [4.78, 5) is 45.1. The number of allylic oxidation sites excluding steroid dienone is 1. The van der Waals surface area contributed by atoms with Crippen LogP contribution in [-0.4, -0.2) is 38.5 Å². The minimum absolute atomic E-state index is 0.0816. The van der Waals surface area contributed by atoms with E-state index in [1.807, 2.05) is 84.9 Å². The Bertz CT molecular complexity index is 3450. The van der Waals surface area contributed by atoms with Crippen molar-refractivity contribution < 1.29 is 22.7 Å². The molecule has 0 fully saturated rings. The molecule has 11 aromatic rings. The highest BCUT2D eigenvalue weighted by molar-refractivity contribution is 8.04. The van der Waals surface area contributed by atoms with Crippen molar-refractivity contribution in [2.75, 3.05) is 4.81 Å². The van der Waals surface area contributed by atoms with Crippen LogP contribution >= 0.6 is 68.4 Å². The van der Waals surface area contributed by atoms with Crippen molar-refractivity contribution in [3.05, 3.63) is 176 Å². The van der Waals surface area contributed by atoms with Crippen LogP contribution in [-0.2, 0) is 16.0 Å². The number of thiazole rings is 5. The van der Waals surface area contributed by atoms with Crippen LogP contribution in [0.25, 0.3) is 56.7 Å². The average Bonchev–Trinajstić information content (AvgIpc) is 4.17. The molecule has 0 aliphatic carbocycles. The molecule has 0 spiro atoms. The third-order valence-corrected chi connectivity index (χ3v) is 17.6. The number of fused-ring (bicyclic) bond motifs is 10. The maximum absolute atomic E-state index is 15.6. The zero-order valence-corrected chi connectivity index (χ0v) is 39.8. The second-order valence-corrected chi connectivity index (χ2v) is 21.8. The standard InChI is InChI=1S/C17H11BF2N2OS2.C17H12N2OS2.C15H10N2S2/c1-10(23)15-16-21(11-6-2-4-8-13(11)24-16)18(19,20)22-12-7-3-5-9-14(12)25-17(15)22;1-10(20)15(16-18-11-6-2-4-8-13(11)21-16)17-19-12-7-3-5-9-14(12)22-17;1-3-7-12-10(5-1)16-14(18-12)9-15-17-11-6-2-4-8-13(11)19-15/h2-9H,1H3;2-9,15H,1H3;1-8H,9H2. The largest absolute Gasteiger partial charge is 0.739 e. The zero-order chi connectivity index (χ0) is 45.1. The number of Topliss-reactive ketones (excluding diaryl/α,β-unsaturated/α-hetero) is 2. The summed E-state index contributed by atoms with van der Waals surface area (Å²) in [7, 11) is 0. The Kier molecular flexibility index (Phi) is 11.1. The lowest BCUT2D eigenvalue weighted by Gasteiger charge is -2.36. The van der Waals surface area contributed by atoms with Crippen molar-refractivity contribution in [2.24, 2.45) is 0 Å². The first-order valence-electron chi connectivity index (χ1n) is 20.8. The molecule has 8 nitrogen and oxygen atoms in total. The second-order valence-electron chi connectivity index (χ2n) is 15.4. The molecule has 324 valence electrons. The van der Waals surface area contributed by atoms with E-state index in [1.165, 1.54) is 39.4 Å². The van der Waals surface area contributed by atoms with Gasteiger partial charge in [0.15, 0.2) is 11.3 Å². The number of para-hydroxylation sites is 6. The topological polar surface area (TPSA) is 92.8 Å². The minimum Gasteiger partial charge on any atom is -0.389 e. The summed E-state index contributed by atoms with van der Waals surface area (Å²) in [6.45, 7) is -1.03. The molecule has 13 rings (SSSR count). The third-order valence-electron chi connectivity index (χ3n) is 11.0. The fourth-order valence-electron chi connectivity index (χ4n) is 8.08. The number of hydrogen-bond acceptors (Lipinski definition) is 13. The molecule has 0 saturated carbocycles. The van der Waals surface area contributed by atoms with Gasteiger partial charge in [-0.3, -0.25) is 9.59 Å². The van der Waals surface area contributed by atoms with Crippen molar-refractivity contribution in [1.82, 2.24) is 19.9 Å². The van der Waals surface area contributed by atoms with Crippen LogP contribution < -0.4 is 9.29 Å². The van der Waals surface area contributed by atoms with Gasteiger partial charge in [0.1, 0.15) is 37.3 Å². The van der Waals surface area contributed by atoms with Crippen LogP contribution in [0.5, 0.6) is 0 Å². The first kappa shape index (κ1) is 42.6. The lowest BCUT2D eigenvalue weighted by molar-refractivity contribution is -0.536. The third kappa shape index (κ3) is 7.72. The Balaban J connectivity index is 0.000000110. The van der Waals surface area contributed by atoms with Gasteiger partial charge in [0.25, 0.3) is 0 Å². The summed E-state index contributed by atoms with van der Waals surface area (Å²) in [5, 5.41) is 4.61. The number of halogens is 2. The Labute approximate surface area is 400 Å². The number of benzene rings is 6. The Hall–Kier alpha value is -6.08. The van der Waals surface area contributed by atoms with Gasteiger partial charge in [-0.1, -0.05) is 95.9 Å². The van der Waals surface area contributed by atoms with Crippen molar-refractivity contribution in [2.45, 2.75) is 31.1 Å². The van der Waals surface area contributed by atoms with Gasteiger partial charge < -0.3 is 17.9 Å². The lowest BCUT2D eigenvalue weighted by Crippen LogP contribution is -2.71. The molecular weight excluding hydrogens is 946 g/mol. The summed E-state index contributed by atoms with van der Waals surface area (Å²) in [5.41, 5.74) is 5.34. The first-order valence-corrected chi connectivity index (χ1v) is 25.7. The number of anilines is 1. The molecule has 0 atom stereocenters. The highest BCUT2D eigenvalue weighted by atomic mass is 32.2. The van der Waals surface area contributed by atoms with E-state index >= 15 is 8.63 Å². The first-order chi connectivity index (χ1) is 32.1. The van der Waals surface area contributed by atoms with Gasteiger partial charge in [-0.05, 0) is 80.6 Å². The monoisotopic (exact) mass is 978 g/mol. The molecule has 7 heterocycles. The van der Waals surface area contributed by atoms with Crippen LogP contribution in [0.4, 0.5) is 14.3 Å². The van der Waals surface area contributed by atoms with Gasteiger partial charge in [0, 0.05) is 16.6 Å². The number of thioether (sulfide) groups is 1. The normalized spacial score (nSPS) is 13.7. The molecule has 0 bridgehead atoms. The van der Waals surface area contributed by atoms with Crippen LogP contribution in [0.3, 0.4) is 0 Å². The summed E-state index contributed by atoms with van der Waals surface area (Å²) < 4.78 is 37.8. The fourth-order valence-corrected chi connectivity index (χ4v) is 15.1. The predicted octanol–water partition coefficient (Wildman–Crippen LogP) is 13.4. The molecule has 0 radical (unpaired) electrons. The summed E-state index contributed by atoms with van der Waals surface area (Å²) >= 11 is 9.15. The van der Waals surface area contributed by atoms with Gasteiger partial charge in [-0.2, -0.15) is 0 Å². The summed E-state index contributed by atoms with van der Waals surface area (Å²) in [5.74, 6) is -0.486. The maximum atomic E-state index is 15.6. The highest BCUT2D eigenvalue weighted by Gasteiger charge is 2.59. The molecule has 0 amide bonds. The van der Waals surface area contributed by atoms with Gasteiger partial charge in [0.05, 0.1) is 57.0 Å². The number of rotatable bonds is 6.